The van der Waals surface area contributed by atoms with E-state index in [9.17, 15) is 18.0 Å². The summed E-state index contributed by atoms with van der Waals surface area (Å²) in [6.07, 6.45) is 3.30. The summed E-state index contributed by atoms with van der Waals surface area (Å²) in [7, 11) is 0. The SMILES string of the molecule is Cc1ccc2nc(C(F)(F)F)cc(N[C@H]3CCCC(NC(=O)c4cnc5ncccn45)C3)c2c1. The van der Waals surface area contributed by atoms with Crippen LogP contribution >= 0.6 is 0 Å². The highest BCUT2D eigenvalue weighted by Crippen LogP contribution is 2.34. The minimum Gasteiger partial charge on any atom is -0.382 e. The normalized spacial score (nSPS) is 18.8. The Labute approximate surface area is 193 Å². The van der Waals surface area contributed by atoms with Gasteiger partial charge in [-0.3, -0.25) is 9.20 Å². The maximum atomic E-state index is 13.5. The number of pyridine rings is 1. The van der Waals surface area contributed by atoms with Crippen LogP contribution in [0.25, 0.3) is 16.7 Å². The first-order valence-corrected chi connectivity index (χ1v) is 11.1. The molecule has 1 amide bonds. The van der Waals surface area contributed by atoms with Gasteiger partial charge in [-0.25, -0.2) is 15.0 Å². The van der Waals surface area contributed by atoms with Gasteiger partial charge in [-0.15, -0.1) is 0 Å². The molecule has 3 heterocycles. The number of alkyl halides is 3. The van der Waals surface area contributed by atoms with Gasteiger partial charge in [0.1, 0.15) is 11.4 Å². The van der Waals surface area contributed by atoms with Crippen LogP contribution in [0.2, 0.25) is 0 Å². The summed E-state index contributed by atoms with van der Waals surface area (Å²) in [4.78, 5) is 25.0. The van der Waals surface area contributed by atoms with Gasteiger partial charge in [0.05, 0.1) is 11.7 Å². The number of halogens is 3. The van der Waals surface area contributed by atoms with Gasteiger partial charge < -0.3 is 10.6 Å². The lowest BCUT2D eigenvalue weighted by molar-refractivity contribution is -0.140. The van der Waals surface area contributed by atoms with E-state index in [1.165, 1.54) is 6.20 Å². The number of rotatable bonds is 4. The lowest BCUT2D eigenvalue weighted by Gasteiger charge is -2.31. The van der Waals surface area contributed by atoms with Crippen LogP contribution in [0.1, 0.15) is 47.4 Å². The van der Waals surface area contributed by atoms with Crippen LogP contribution in [-0.4, -0.2) is 37.3 Å². The van der Waals surface area contributed by atoms with Crippen molar-refractivity contribution in [3.63, 3.8) is 0 Å². The molecule has 1 aliphatic rings. The molecule has 1 fully saturated rings. The molecule has 0 radical (unpaired) electrons. The predicted molar refractivity (Wildman–Crippen MR) is 122 cm³/mol. The van der Waals surface area contributed by atoms with Crippen molar-refractivity contribution >= 4 is 28.3 Å². The van der Waals surface area contributed by atoms with Crippen molar-refractivity contribution < 1.29 is 18.0 Å². The molecule has 34 heavy (non-hydrogen) atoms. The van der Waals surface area contributed by atoms with Crippen molar-refractivity contribution in [1.82, 2.24) is 24.7 Å². The highest BCUT2D eigenvalue weighted by molar-refractivity contribution is 5.93. The third-order valence-electron chi connectivity index (χ3n) is 6.14. The van der Waals surface area contributed by atoms with Crippen molar-refractivity contribution in [1.29, 1.82) is 0 Å². The summed E-state index contributed by atoms with van der Waals surface area (Å²) in [5, 5.41) is 7.01. The van der Waals surface area contributed by atoms with E-state index in [2.05, 4.69) is 25.6 Å². The molecule has 1 aliphatic carbocycles. The summed E-state index contributed by atoms with van der Waals surface area (Å²) >= 11 is 0. The topological polar surface area (TPSA) is 84.2 Å². The molecule has 7 nitrogen and oxygen atoms in total. The van der Waals surface area contributed by atoms with Gasteiger partial charge in [-0.05, 0) is 56.9 Å². The second-order valence-corrected chi connectivity index (χ2v) is 8.68. The molecule has 4 aromatic rings. The number of imidazole rings is 1. The molecule has 176 valence electrons. The first-order valence-electron chi connectivity index (χ1n) is 11.1. The van der Waals surface area contributed by atoms with Gasteiger partial charge >= 0.3 is 6.18 Å². The molecule has 10 heteroatoms. The zero-order chi connectivity index (χ0) is 23.9. The Balaban J connectivity index is 1.35. The Hall–Kier alpha value is -3.69. The quantitative estimate of drug-likeness (QED) is 0.451. The Kier molecular flexibility index (Phi) is 5.59. The second kappa shape index (κ2) is 8.58. The average Bonchev–Trinajstić information content (AvgIpc) is 3.23. The van der Waals surface area contributed by atoms with Crippen LogP contribution in [0, 0.1) is 6.92 Å². The number of carbonyl (C=O) groups excluding carboxylic acids is 1. The zero-order valence-corrected chi connectivity index (χ0v) is 18.4. The van der Waals surface area contributed by atoms with Gasteiger partial charge in [-0.1, -0.05) is 11.6 Å². The van der Waals surface area contributed by atoms with E-state index in [0.717, 1.165) is 30.9 Å². The van der Waals surface area contributed by atoms with Crippen LogP contribution in [0.15, 0.2) is 48.9 Å². The number of benzene rings is 1. The molecule has 2 atom stereocenters. The second-order valence-electron chi connectivity index (χ2n) is 8.68. The van der Waals surface area contributed by atoms with Gasteiger partial charge in [0.15, 0.2) is 0 Å². The van der Waals surface area contributed by atoms with E-state index in [-0.39, 0.29) is 18.0 Å². The number of aromatic nitrogens is 4. The maximum Gasteiger partial charge on any atom is 0.433 e. The molecule has 5 rings (SSSR count). The molecule has 1 aromatic carbocycles. The fraction of sp³-hybridized carbons (Fsp3) is 0.333. The fourth-order valence-electron chi connectivity index (χ4n) is 4.53. The Morgan fingerprint density at radius 1 is 1.15 bits per heavy atom. The summed E-state index contributed by atoms with van der Waals surface area (Å²) in [5.41, 5.74) is 1.11. The van der Waals surface area contributed by atoms with Crippen LogP contribution in [0.4, 0.5) is 18.9 Å². The van der Waals surface area contributed by atoms with Crippen molar-refractivity contribution in [3.05, 3.63) is 65.9 Å². The minimum absolute atomic E-state index is 0.0879. The largest absolute Gasteiger partial charge is 0.433 e. The van der Waals surface area contributed by atoms with E-state index in [1.54, 1.807) is 35.0 Å². The van der Waals surface area contributed by atoms with Crippen molar-refractivity contribution in [2.75, 3.05) is 5.32 Å². The third-order valence-corrected chi connectivity index (χ3v) is 6.14. The molecule has 1 unspecified atom stereocenters. The van der Waals surface area contributed by atoms with Gasteiger partial charge in [0, 0.05) is 35.6 Å². The van der Waals surface area contributed by atoms with Gasteiger partial charge in [0.25, 0.3) is 5.91 Å². The molecular formula is C24H23F3N6O. The smallest absolute Gasteiger partial charge is 0.382 e. The molecule has 0 saturated heterocycles. The number of amides is 1. The Morgan fingerprint density at radius 3 is 2.79 bits per heavy atom. The first kappa shape index (κ1) is 22.1. The van der Waals surface area contributed by atoms with Crippen molar-refractivity contribution in [2.24, 2.45) is 0 Å². The number of aryl methyl sites for hydroxylation is 1. The number of hydrogen-bond donors (Lipinski definition) is 2. The monoisotopic (exact) mass is 468 g/mol. The standard InChI is InChI=1S/C24H23F3N6O/c1-14-6-7-18-17(10-14)19(12-21(32-18)24(25,26)27)30-15-4-2-5-16(11-15)31-22(34)20-13-29-23-28-8-3-9-33(20)23/h3,6-10,12-13,15-16H,2,4-5,11H2,1H3,(H,30,32)(H,31,34)/t15-,16?/m0/s1. The van der Waals surface area contributed by atoms with E-state index >= 15 is 0 Å². The van der Waals surface area contributed by atoms with Crippen LogP contribution < -0.4 is 10.6 Å². The van der Waals surface area contributed by atoms with E-state index < -0.39 is 11.9 Å². The molecule has 1 saturated carbocycles. The number of nitrogens with one attached hydrogen (secondary N) is 2. The predicted octanol–water partition coefficient (Wildman–Crippen LogP) is 4.76. The number of carbonyl (C=O) groups is 1. The first-order chi connectivity index (χ1) is 16.3. The maximum absolute atomic E-state index is 13.5. The van der Waals surface area contributed by atoms with Gasteiger partial charge in [-0.2, -0.15) is 13.2 Å². The third kappa shape index (κ3) is 4.40. The van der Waals surface area contributed by atoms with Crippen LogP contribution in [0.3, 0.4) is 0 Å². The summed E-state index contributed by atoms with van der Waals surface area (Å²) in [6, 6.07) is 7.80. The van der Waals surface area contributed by atoms with Crippen molar-refractivity contribution in [3.8, 4) is 0 Å². The van der Waals surface area contributed by atoms with E-state index in [0.29, 0.717) is 34.5 Å². The Bertz CT molecular complexity index is 1370. The number of nitrogens with zero attached hydrogens (tertiary/aromatic N) is 4. The summed E-state index contributed by atoms with van der Waals surface area (Å²) in [5.74, 6) is 0.187. The molecule has 2 N–H and O–H groups in total. The van der Waals surface area contributed by atoms with E-state index in [1.807, 2.05) is 13.0 Å². The number of anilines is 1. The fourth-order valence-corrected chi connectivity index (χ4v) is 4.53. The van der Waals surface area contributed by atoms with Gasteiger partial charge in [0.2, 0.25) is 5.78 Å². The van der Waals surface area contributed by atoms with E-state index in [4.69, 9.17) is 0 Å². The average molecular weight is 468 g/mol. The minimum atomic E-state index is -4.54. The highest BCUT2D eigenvalue weighted by atomic mass is 19.4. The lowest BCUT2D eigenvalue weighted by atomic mass is 9.90. The lowest BCUT2D eigenvalue weighted by Crippen LogP contribution is -2.42. The zero-order valence-electron chi connectivity index (χ0n) is 18.4. The molecule has 0 spiro atoms. The molecular weight excluding hydrogens is 445 g/mol. The molecule has 0 aliphatic heterocycles. The van der Waals surface area contributed by atoms with Crippen molar-refractivity contribution in [2.45, 2.75) is 50.9 Å². The highest BCUT2D eigenvalue weighted by Gasteiger charge is 2.34. The van der Waals surface area contributed by atoms with Crippen LogP contribution in [0.5, 0.6) is 0 Å². The van der Waals surface area contributed by atoms with Crippen LogP contribution in [-0.2, 0) is 6.18 Å². The summed E-state index contributed by atoms with van der Waals surface area (Å²) in [6.45, 7) is 1.89. The Morgan fingerprint density at radius 2 is 1.97 bits per heavy atom. The molecule has 3 aromatic heterocycles. The number of hydrogen-bond acceptors (Lipinski definition) is 5. The molecule has 0 bridgehead atoms. The summed E-state index contributed by atoms with van der Waals surface area (Å²) < 4.78 is 42.0. The number of fused-ring (bicyclic) bond motifs is 2.